The van der Waals surface area contributed by atoms with Crippen molar-refractivity contribution in [1.82, 2.24) is 14.7 Å². The minimum Gasteiger partial charge on any atom is -0.379 e. The topological polar surface area (TPSA) is 82.6 Å². The van der Waals surface area contributed by atoms with Crippen molar-refractivity contribution in [2.45, 2.75) is 0 Å². The first-order valence-electron chi connectivity index (χ1n) is 10.5. The summed E-state index contributed by atoms with van der Waals surface area (Å²) < 4.78 is 11.6. The number of morpholine rings is 2. The summed E-state index contributed by atoms with van der Waals surface area (Å²) in [4.78, 5) is 46.9. The molecule has 0 radical (unpaired) electrons. The first-order chi connectivity index (χ1) is 15.5. The van der Waals surface area contributed by atoms with Crippen molar-refractivity contribution in [1.29, 1.82) is 0 Å². The van der Waals surface area contributed by atoms with Gasteiger partial charge in [-0.3, -0.25) is 34.0 Å². The Morgan fingerprint density at radius 2 is 1.44 bits per heavy atom. The highest BCUT2D eigenvalue weighted by Gasteiger charge is 2.44. The van der Waals surface area contributed by atoms with E-state index in [1.807, 2.05) is 23.1 Å². The van der Waals surface area contributed by atoms with Gasteiger partial charge in [-0.25, -0.2) is 0 Å². The van der Waals surface area contributed by atoms with Gasteiger partial charge in [-0.05, 0) is 30.0 Å². The predicted molar refractivity (Wildman–Crippen MR) is 123 cm³/mol. The van der Waals surface area contributed by atoms with Gasteiger partial charge in [-0.15, -0.1) is 0 Å². The first-order valence-corrected chi connectivity index (χ1v) is 12.1. The molecule has 1 aromatic carbocycles. The van der Waals surface area contributed by atoms with Gasteiger partial charge in [0.2, 0.25) is 0 Å². The summed E-state index contributed by atoms with van der Waals surface area (Å²) in [5.74, 6) is -0.657. The lowest BCUT2D eigenvalue weighted by Crippen LogP contribution is -2.45. The van der Waals surface area contributed by atoms with Gasteiger partial charge in [0.15, 0.2) is 0 Å². The molecule has 3 fully saturated rings. The molecule has 1 aromatic rings. The normalized spacial score (nSPS) is 25.2. The molecule has 4 aliphatic rings. The fourth-order valence-corrected chi connectivity index (χ4v) is 5.50. The summed E-state index contributed by atoms with van der Waals surface area (Å²) in [7, 11) is 0. The minimum absolute atomic E-state index is 0.206. The average Bonchev–Trinajstić information content (AvgIpc) is 3.22. The van der Waals surface area contributed by atoms with E-state index < -0.39 is 5.91 Å². The number of imide groups is 1. The molecule has 0 bridgehead atoms. The molecule has 170 valence electrons. The fraction of sp³-hybridized carbons (Fsp3) is 0.476. The van der Waals surface area contributed by atoms with E-state index in [0.29, 0.717) is 57.3 Å². The zero-order valence-electron chi connectivity index (χ0n) is 17.4. The third-order valence-corrected chi connectivity index (χ3v) is 7.42. The zero-order chi connectivity index (χ0) is 22.2. The molecular weight excluding hydrogens is 500 g/mol. The van der Waals surface area contributed by atoms with Gasteiger partial charge in [-0.1, -0.05) is 15.9 Å². The molecule has 3 amide bonds. The van der Waals surface area contributed by atoms with Crippen molar-refractivity contribution in [3.63, 3.8) is 0 Å². The van der Waals surface area contributed by atoms with E-state index in [2.05, 4.69) is 20.8 Å². The minimum atomic E-state index is -0.408. The number of carbonyl (C=O) groups is 3. The average molecular weight is 523 g/mol. The van der Waals surface area contributed by atoms with Gasteiger partial charge in [0.05, 0.1) is 55.9 Å². The summed E-state index contributed by atoms with van der Waals surface area (Å²) in [5, 5.41) is -0.347. The maximum Gasteiger partial charge on any atom is 0.294 e. The molecular formula is C21H23BrN4O5S. The van der Waals surface area contributed by atoms with E-state index >= 15 is 0 Å². The van der Waals surface area contributed by atoms with Crippen LogP contribution in [0.15, 0.2) is 27.6 Å². The molecule has 0 spiro atoms. The van der Waals surface area contributed by atoms with E-state index in [0.717, 1.165) is 35.0 Å². The fourth-order valence-electron chi connectivity index (χ4n) is 4.22. The standard InChI is InChI=1S/C21H23BrN4O5S/c22-14-1-2-16-15(11-14)17(19(27)25(16)12-23-3-7-30-8-4-23)18-20(28)26(21(29)32-18)13-24-5-9-31-10-6-24/h1-2,11H,3-10,12-13H2/b18-17-. The van der Waals surface area contributed by atoms with E-state index in [9.17, 15) is 14.4 Å². The lowest BCUT2D eigenvalue weighted by molar-refractivity contribution is -0.125. The number of ether oxygens (including phenoxy) is 2. The molecule has 5 rings (SSSR count). The zero-order valence-corrected chi connectivity index (χ0v) is 19.8. The molecule has 0 unspecified atom stereocenters. The van der Waals surface area contributed by atoms with Crippen molar-refractivity contribution in [2.24, 2.45) is 0 Å². The van der Waals surface area contributed by atoms with Gasteiger partial charge in [0.1, 0.15) is 0 Å². The third kappa shape index (κ3) is 4.13. The number of anilines is 1. The Balaban J connectivity index is 1.46. The van der Waals surface area contributed by atoms with Crippen LogP contribution in [-0.2, 0) is 19.1 Å². The molecule has 11 heteroatoms. The van der Waals surface area contributed by atoms with Crippen LogP contribution in [0.1, 0.15) is 5.56 Å². The number of carbonyl (C=O) groups excluding carboxylic acids is 3. The van der Waals surface area contributed by atoms with Crippen LogP contribution >= 0.6 is 27.7 Å². The summed E-state index contributed by atoms with van der Waals surface area (Å²) in [5.41, 5.74) is 1.73. The molecule has 3 saturated heterocycles. The largest absolute Gasteiger partial charge is 0.379 e. The number of rotatable bonds is 4. The number of halogens is 1. The molecule has 9 nitrogen and oxygen atoms in total. The second kappa shape index (κ2) is 9.24. The highest BCUT2D eigenvalue weighted by molar-refractivity contribution is 9.10. The number of amides is 3. The predicted octanol–water partition coefficient (Wildman–Crippen LogP) is 1.78. The Morgan fingerprint density at radius 1 is 0.844 bits per heavy atom. The maximum absolute atomic E-state index is 13.6. The van der Waals surface area contributed by atoms with Gasteiger partial charge < -0.3 is 9.47 Å². The molecule has 0 saturated carbocycles. The van der Waals surface area contributed by atoms with E-state index in [1.165, 1.54) is 4.90 Å². The number of thioether (sulfide) groups is 1. The lowest BCUT2D eigenvalue weighted by atomic mass is 10.1. The van der Waals surface area contributed by atoms with Crippen molar-refractivity contribution >= 4 is 56.0 Å². The van der Waals surface area contributed by atoms with Crippen molar-refractivity contribution in [3.05, 3.63) is 33.1 Å². The van der Waals surface area contributed by atoms with Gasteiger partial charge in [0, 0.05) is 36.2 Å². The highest BCUT2D eigenvalue weighted by atomic mass is 79.9. The van der Waals surface area contributed by atoms with Gasteiger partial charge in [-0.2, -0.15) is 0 Å². The summed E-state index contributed by atoms with van der Waals surface area (Å²) >= 11 is 4.33. The number of fused-ring (bicyclic) bond motifs is 1. The van der Waals surface area contributed by atoms with Crippen LogP contribution < -0.4 is 4.90 Å². The number of benzene rings is 1. The number of hydrogen-bond donors (Lipinski definition) is 0. The molecule has 0 aliphatic carbocycles. The Labute approximate surface area is 198 Å². The SMILES string of the molecule is O=C1S/C(=C2\C(=O)N(CN3CCOCC3)c3ccc(Br)cc32)C(=O)N1CN1CCOCC1. The third-order valence-electron chi connectivity index (χ3n) is 5.94. The maximum atomic E-state index is 13.6. The smallest absolute Gasteiger partial charge is 0.294 e. The van der Waals surface area contributed by atoms with Crippen LogP contribution in [0.25, 0.3) is 5.57 Å². The van der Waals surface area contributed by atoms with Crippen molar-refractivity contribution in [2.75, 3.05) is 70.8 Å². The van der Waals surface area contributed by atoms with Crippen molar-refractivity contribution in [3.8, 4) is 0 Å². The molecule has 4 aliphatic heterocycles. The van der Waals surface area contributed by atoms with E-state index in [1.54, 1.807) is 4.90 Å². The van der Waals surface area contributed by atoms with Gasteiger partial charge >= 0.3 is 0 Å². The molecule has 32 heavy (non-hydrogen) atoms. The second-order valence-corrected chi connectivity index (χ2v) is 9.82. The first kappa shape index (κ1) is 22.1. The monoisotopic (exact) mass is 522 g/mol. The second-order valence-electron chi connectivity index (χ2n) is 7.94. The Bertz CT molecular complexity index is 990. The molecule has 0 atom stereocenters. The lowest BCUT2D eigenvalue weighted by Gasteiger charge is -2.30. The number of hydrogen-bond acceptors (Lipinski definition) is 8. The van der Waals surface area contributed by atoms with E-state index in [-0.39, 0.29) is 22.7 Å². The summed E-state index contributed by atoms with van der Waals surface area (Å²) in [6.45, 7) is 5.83. The number of nitrogens with zero attached hydrogens (tertiary/aromatic N) is 4. The Kier molecular flexibility index (Phi) is 6.37. The van der Waals surface area contributed by atoms with Gasteiger partial charge in [0.25, 0.3) is 17.1 Å². The molecule has 0 N–H and O–H groups in total. The van der Waals surface area contributed by atoms with Crippen LogP contribution in [0.4, 0.5) is 10.5 Å². The van der Waals surface area contributed by atoms with Crippen LogP contribution in [0.3, 0.4) is 0 Å². The van der Waals surface area contributed by atoms with Crippen LogP contribution in [0.2, 0.25) is 0 Å². The quantitative estimate of drug-likeness (QED) is 0.553. The molecule has 4 heterocycles. The summed E-state index contributed by atoms with van der Waals surface area (Å²) in [6.07, 6.45) is 0. The molecule has 0 aromatic heterocycles. The highest BCUT2D eigenvalue weighted by Crippen LogP contribution is 2.45. The van der Waals surface area contributed by atoms with Crippen molar-refractivity contribution < 1.29 is 23.9 Å². The van der Waals surface area contributed by atoms with Crippen LogP contribution in [-0.4, -0.2) is 97.7 Å². The van der Waals surface area contributed by atoms with E-state index in [4.69, 9.17) is 9.47 Å². The Hall–Kier alpha value is -1.76. The Morgan fingerprint density at radius 3 is 2.06 bits per heavy atom. The van der Waals surface area contributed by atoms with Crippen LogP contribution in [0, 0.1) is 0 Å². The summed E-state index contributed by atoms with van der Waals surface area (Å²) in [6, 6.07) is 5.60. The van der Waals surface area contributed by atoms with Crippen LogP contribution in [0.5, 0.6) is 0 Å².